The number of methoxy groups -OCH3 is 2. The molecule has 27 heavy (non-hydrogen) atoms. The summed E-state index contributed by atoms with van der Waals surface area (Å²) in [7, 11) is 3.32. The van der Waals surface area contributed by atoms with Crippen LogP contribution in [0.3, 0.4) is 0 Å². The van der Waals surface area contributed by atoms with Crippen LogP contribution < -0.4 is 9.47 Å². The Morgan fingerprint density at radius 2 is 1.85 bits per heavy atom. The Bertz CT molecular complexity index is 793. The SMILES string of the molecule is COc1cc2c(cc1OC)[C@]13CCC4(OCCO4)[C@H](Br)[C@H]1CC(=O)N3CC2. The van der Waals surface area contributed by atoms with Gasteiger partial charge in [-0.1, -0.05) is 15.9 Å². The van der Waals surface area contributed by atoms with Gasteiger partial charge in [-0.05, 0) is 36.1 Å². The largest absolute Gasteiger partial charge is 0.493 e. The predicted octanol–water partition coefficient (Wildman–Crippen LogP) is 2.60. The summed E-state index contributed by atoms with van der Waals surface area (Å²) in [6, 6.07) is 4.16. The van der Waals surface area contributed by atoms with Gasteiger partial charge in [-0.2, -0.15) is 0 Å². The van der Waals surface area contributed by atoms with E-state index in [1.54, 1.807) is 14.2 Å². The molecule has 146 valence electrons. The molecule has 1 amide bonds. The molecule has 6 nitrogen and oxygen atoms in total. The number of hydrogen-bond donors (Lipinski definition) is 0. The predicted molar refractivity (Wildman–Crippen MR) is 101 cm³/mol. The van der Waals surface area contributed by atoms with E-state index in [1.165, 1.54) is 11.1 Å². The molecule has 1 aliphatic carbocycles. The molecule has 0 bridgehead atoms. The quantitative estimate of drug-likeness (QED) is 0.665. The summed E-state index contributed by atoms with van der Waals surface area (Å²) in [6.45, 7) is 1.97. The van der Waals surface area contributed by atoms with Crippen molar-refractivity contribution >= 4 is 21.8 Å². The van der Waals surface area contributed by atoms with Gasteiger partial charge in [0.05, 0.1) is 37.8 Å². The lowest BCUT2D eigenvalue weighted by molar-refractivity contribution is -0.197. The molecule has 3 aliphatic heterocycles. The van der Waals surface area contributed by atoms with Crippen molar-refractivity contribution in [1.29, 1.82) is 0 Å². The normalized spacial score (nSPS) is 33.6. The number of carbonyl (C=O) groups is 1. The average Bonchev–Trinajstić information content (AvgIpc) is 3.28. The van der Waals surface area contributed by atoms with Crippen molar-refractivity contribution < 1.29 is 23.7 Å². The number of benzene rings is 1. The minimum atomic E-state index is -0.611. The Morgan fingerprint density at radius 3 is 2.56 bits per heavy atom. The fourth-order valence-electron chi connectivity index (χ4n) is 5.71. The first-order valence-electron chi connectivity index (χ1n) is 9.53. The maximum atomic E-state index is 13.0. The van der Waals surface area contributed by atoms with Crippen molar-refractivity contribution in [1.82, 2.24) is 4.90 Å². The van der Waals surface area contributed by atoms with E-state index in [0.29, 0.717) is 25.4 Å². The smallest absolute Gasteiger partial charge is 0.223 e. The summed E-state index contributed by atoms with van der Waals surface area (Å²) in [5.41, 5.74) is 2.10. The van der Waals surface area contributed by atoms with Gasteiger partial charge in [0.1, 0.15) is 0 Å². The number of hydrogen-bond acceptors (Lipinski definition) is 5. The van der Waals surface area contributed by atoms with E-state index in [-0.39, 0.29) is 22.2 Å². The highest BCUT2D eigenvalue weighted by Gasteiger charge is 2.66. The summed E-state index contributed by atoms with van der Waals surface area (Å²) < 4.78 is 23.2. The second kappa shape index (κ2) is 6.09. The molecule has 4 aliphatic rings. The molecule has 1 aromatic rings. The summed E-state index contributed by atoms with van der Waals surface area (Å²) in [5.74, 6) is 1.16. The van der Waals surface area contributed by atoms with Crippen LogP contribution >= 0.6 is 15.9 Å². The van der Waals surface area contributed by atoms with Crippen LogP contribution in [0.25, 0.3) is 0 Å². The molecule has 1 aromatic carbocycles. The van der Waals surface area contributed by atoms with Crippen molar-refractivity contribution in [3.8, 4) is 11.5 Å². The molecule has 0 radical (unpaired) electrons. The highest BCUT2D eigenvalue weighted by atomic mass is 79.9. The van der Waals surface area contributed by atoms with Gasteiger partial charge in [-0.3, -0.25) is 4.79 Å². The number of ether oxygens (including phenoxy) is 4. The van der Waals surface area contributed by atoms with Crippen molar-refractivity contribution in [3.63, 3.8) is 0 Å². The lowest BCUT2D eigenvalue weighted by Gasteiger charge is -2.54. The molecular formula is C20H24BrNO5. The zero-order valence-corrected chi connectivity index (χ0v) is 17.2. The Labute approximate surface area is 167 Å². The van der Waals surface area contributed by atoms with E-state index in [9.17, 15) is 4.79 Å². The van der Waals surface area contributed by atoms with Crippen LogP contribution in [0.5, 0.6) is 11.5 Å². The van der Waals surface area contributed by atoms with Crippen molar-refractivity contribution in [3.05, 3.63) is 23.3 Å². The van der Waals surface area contributed by atoms with Gasteiger partial charge in [0.15, 0.2) is 17.3 Å². The topological polar surface area (TPSA) is 57.2 Å². The minimum Gasteiger partial charge on any atom is -0.493 e. The average molecular weight is 438 g/mol. The zero-order chi connectivity index (χ0) is 18.8. The molecule has 5 rings (SSSR count). The highest BCUT2D eigenvalue weighted by molar-refractivity contribution is 9.09. The van der Waals surface area contributed by atoms with Gasteiger partial charge in [0.2, 0.25) is 5.91 Å². The Morgan fingerprint density at radius 1 is 1.15 bits per heavy atom. The van der Waals surface area contributed by atoms with Crippen molar-refractivity contribution in [2.45, 2.75) is 41.8 Å². The van der Waals surface area contributed by atoms with Crippen LogP contribution in [0.15, 0.2) is 12.1 Å². The molecule has 2 spiro atoms. The zero-order valence-electron chi connectivity index (χ0n) is 15.6. The number of rotatable bonds is 2. The van der Waals surface area contributed by atoms with Gasteiger partial charge in [-0.15, -0.1) is 0 Å². The number of alkyl halides is 1. The van der Waals surface area contributed by atoms with Gasteiger partial charge in [0, 0.05) is 25.3 Å². The van der Waals surface area contributed by atoms with Crippen molar-refractivity contribution in [2.24, 2.45) is 5.92 Å². The first kappa shape index (κ1) is 17.8. The Balaban J connectivity index is 1.66. The van der Waals surface area contributed by atoms with E-state index in [0.717, 1.165) is 31.6 Å². The van der Waals surface area contributed by atoms with E-state index in [1.807, 2.05) is 0 Å². The van der Waals surface area contributed by atoms with Crippen LogP contribution in [-0.4, -0.2) is 55.4 Å². The van der Waals surface area contributed by atoms with Crippen LogP contribution in [-0.2, 0) is 26.2 Å². The first-order chi connectivity index (χ1) is 13.1. The van der Waals surface area contributed by atoms with Crippen LogP contribution in [0, 0.1) is 5.92 Å². The number of carbonyl (C=O) groups excluding carboxylic acids is 1. The summed E-state index contributed by atoms with van der Waals surface area (Å²) in [5, 5.41) is 0. The standard InChI is InChI=1S/C20H24BrNO5/c1-24-15-9-12-3-6-22-17(23)11-14-18(21)20(26-7-8-27-20)5-4-19(14,22)13(12)10-16(15)25-2/h9-10,14,18H,3-8,11H2,1-2H3/t14-,18-,19-/m1/s1. The molecule has 0 N–H and O–H groups in total. The Kier molecular flexibility index (Phi) is 4.01. The number of fused-ring (bicyclic) bond motifs is 1. The van der Waals surface area contributed by atoms with Gasteiger partial charge in [0.25, 0.3) is 0 Å². The number of halogens is 1. The fourth-order valence-corrected chi connectivity index (χ4v) is 6.82. The number of nitrogens with zero attached hydrogens (tertiary/aromatic N) is 1. The third kappa shape index (κ3) is 2.22. The van der Waals surface area contributed by atoms with Crippen molar-refractivity contribution in [2.75, 3.05) is 34.0 Å². The molecule has 3 fully saturated rings. The van der Waals surface area contributed by atoms with E-state index in [2.05, 4.69) is 33.0 Å². The Hall–Kier alpha value is -1.31. The molecule has 2 saturated heterocycles. The summed E-state index contributed by atoms with van der Waals surface area (Å²) >= 11 is 3.89. The van der Waals surface area contributed by atoms with E-state index >= 15 is 0 Å². The third-order valence-electron chi connectivity index (χ3n) is 6.88. The monoisotopic (exact) mass is 437 g/mol. The van der Waals surface area contributed by atoms with Gasteiger partial charge in [-0.25, -0.2) is 0 Å². The van der Waals surface area contributed by atoms with Gasteiger partial charge >= 0.3 is 0 Å². The first-order valence-corrected chi connectivity index (χ1v) is 10.4. The van der Waals surface area contributed by atoms with Crippen LogP contribution in [0.4, 0.5) is 0 Å². The highest BCUT2D eigenvalue weighted by Crippen LogP contribution is 2.61. The molecule has 0 unspecified atom stereocenters. The molecule has 3 atom stereocenters. The van der Waals surface area contributed by atoms with Gasteiger partial charge < -0.3 is 23.8 Å². The summed E-state index contributed by atoms with van der Waals surface area (Å²) in [4.78, 5) is 15.0. The number of amides is 1. The summed E-state index contributed by atoms with van der Waals surface area (Å²) in [6.07, 6.45) is 2.93. The molecule has 0 aromatic heterocycles. The van der Waals surface area contributed by atoms with Crippen LogP contribution in [0.2, 0.25) is 0 Å². The molecule has 3 heterocycles. The lowest BCUT2D eigenvalue weighted by atomic mass is 9.65. The minimum absolute atomic E-state index is 0.0331. The van der Waals surface area contributed by atoms with E-state index < -0.39 is 5.79 Å². The third-order valence-corrected chi connectivity index (χ3v) is 8.21. The molecule has 1 saturated carbocycles. The second-order valence-corrected chi connectivity index (χ2v) is 8.79. The lowest BCUT2D eigenvalue weighted by Crippen LogP contribution is -2.60. The van der Waals surface area contributed by atoms with E-state index in [4.69, 9.17) is 18.9 Å². The maximum Gasteiger partial charge on any atom is 0.223 e. The molecular weight excluding hydrogens is 414 g/mol. The molecule has 7 heteroatoms. The van der Waals surface area contributed by atoms with Crippen LogP contribution in [0.1, 0.15) is 30.4 Å². The maximum absolute atomic E-state index is 13.0. The second-order valence-electron chi connectivity index (χ2n) is 7.81. The fraction of sp³-hybridized carbons (Fsp3) is 0.650.